The number of anilines is 1. The Labute approximate surface area is 125 Å². The number of nitrogens with one attached hydrogen (secondary N) is 1. The van der Waals surface area contributed by atoms with Gasteiger partial charge >= 0.3 is 0 Å². The first-order chi connectivity index (χ1) is 10.0. The van der Waals surface area contributed by atoms with Crippen LogP contribution in [0.1, 0.15) is 32.3 Å². The molecule has 1 saturated heterocycles. The lowest BCUT2D eigenvalue weighted by Gasteiger charge is -2.21. The van der Waals surface area contributed by atoms with Gasteiger partial charge < -0.3 is 15.3 Å². The lowest BCUT2D eigenvalue weighted by Crippen LogP contribution is -2.24. The number of aliphatic hydroxyl groups is 1. The summed E-state index contributed by atoms with van der Waals surface area (Å²) in [5.74, 6) is -0.684. The summed E-state index contributed by atoms with van der Waals surface area (Å²) in [6, 6.07) is 3.09. The molecule has 1 fully saturated rings. The molecule has 3 nitrogen and oxygen atoms in total. The van der Waals surface area contributed by atoms with Crippen LogP contribution in [0.3, 0.4) is 0 Å². The van der Waals surface area contributed by atoms with Crippen LogP contribution in [0.15, 0.2) is 12.1 Å². The van der Waals surface area contributed by atoms with Crippen LogP contribution in [0.25, 0.3) is 0 Å². The third-order valence-corrected chi connectivity index (χ3v) is 3.93. The first-order valence-corrected chi connectivity index (χ1v) is 7.58. The second-order valence-corrected chi connectivity index (χ2v) is 6.06. The average Bonchev–Trinajstić information content (AvgIpc) is 2.84. The molecule has 0 bridgehead atoms. The van der Waals surface area contributed by atoms with Crippen LogP contribution in [0.5, 0.6) is 0 Å². The molecule has 2 rings (SSSR count). The molecule has 0 radical (unpaired) electrons. The van der Waals surface area contributed by atoms with Crippen molar-refractivity contribution in [2.24, 2.45) is 5.92 Å². The van der Waals surface area contributed by atoms with E-state index in [2.05, 4.69) is 5.32 Å². The van der Waals surface area contributed by atoms with Crippen molar-refractivity contribution in [3.05, 3.63) is 29.3 Å². The van der Waals surface area contributed by atoms with E-state index in [0.29, 0.717) is 37.5 Å². The normalized spacial score (nSPS) is 18.8. The molecule has 21 heavy (non-hydrogen) atoms. The summed E-state index contributed by atoms with van der Waals surface area (Å²) in [6.07, 6.45) is 1.56. The van der Waals surface area contributed by atoms with Gasteiger partial charge in [0.15, 0.2) is 0 Å². The molecule has 0 aromatic heterocycles. The highest BCUT2D eigenvalue weighted by molar-refractivity contribution is 5.51. The first-order valence-electron chi connectivity index (χ1n) is 7.58. The van der Waals surface area contributed by atoms with Gasteiger partial charge in [0, 0.05) is 32.3 Å². The van der Waals surface area contributed by atoms with Gasteiger partial charge in [0.25, 0.3) is 0 Å². The lowest BCUT2D eigenvalue weighted by atomic mass is 10.1. The predicted octanol–water partition coefficient (Wildman–Crippen LogP) is 2.67. The molecule has 118 valence electrons. The molecule has 0 amide bonds. The van der Waals surface area contributed by atoms with Gasteiger partial charge in [-0.2, -0.15) is 0 Å². The summed E-state index contributed by atoms with van der Waals surface area (Å²) in [5.41, 5.74) is 0.692. The summed E-state index contributed by atoms with van der Waals surface area (Å²) in [4.78, 5) is 1.75. The van der Waals surface area contributed by atoms with E-state index in [-0.39, 0.29) is 18.3 Å². The molecule has 1 atom stereocenters. The fourth-order valence-corrected chi connectivity index (χ4v) is 2.80. The largest absolute Gasteiger partial charge is 0.396 e. The van der Waals surface area contributed by atoms with E-state index >= 15 is 0 Å². The van der Waals surface area contributed by atoms with Gasteiger partial charge in [-0.05, 0) is 36.5 Å². The van der Waals surface area contributed by atoms with Crippen molar-refractivity contribution >= 4 is 5.69 Å². The minimum absolute atomic E-state index is 0.0729. The number of hydrogen-bond donors (Lipinski definition) is 2. The summed E-state index contributed by atoms with van der Waals surface area (Å²) in [6.45, 7) is 5.82. The topological polar surface area (TPSA) is 35.5 Å². The van der Waals surface area contributed by atoms with E-state index in [1.807, 2.05) is 13.8 Å². The maximum atomic E-state index is 14.2. The standard InChI is InChI=1S/C16H24F2N2O/c1-11(2)19-9-13-7-14(17)16(15(18)8-13)20-5-3-12(10-20)4-6-21/h7-8,11-12,19,21H,3-6,9-10H2,1-2H3. The van der Waals surface area contributed by atoms with Gasteiger partial charge in [-0.25, -0.2) is 8.78 Å². The summed E-state index contributed by atoms with van der Waals surface area (Å²) in [5, 5.41) is 12.1. The zero-order chi connectivity index (χ0) is 15.4. The van der Waals surface area contributed by atoms with Gasteiger partial charge in [-0.3, -0.25) is 0 Å². The van der Waals surface area contributed by atoms with Gasteiger partial charge in [-0.15, -0.1) is 0 Å². The molecular weight excluding hydrogens is 274 g/mol. The van der Waals surface area contributed by atoms with E-state index < -0.39 is 11.6 Å². The fourth-order valence-electron chi connectivity index (χ4n) is 2.80. The average molecular weight is 298 g/mol. The molecule has 5 heteroatoms. The van der Waals surface area contributed by atoms with Crippen LogP contribution in [0.2, 0.25) is 0 Å². The van der Waals surface area contributed by atoms with E-state index in [0.717, 1.165) is 6.42 Å². The van der Waals surface area contributed by atoms with E-state index in [9.17, 15) is 8.78 Å². The maximum Gasteiger partial charge on any atom is 0.149 e. The molecule has 0 spiro atoms. The van der Waals surface area contributed by atoms with Gasteiger partial charge in [0.2, 0.25) is 0 Å². The highest BCUT2D eigenvalue weighted by atomic mass is 19.1. The van der Waals surface area contributed by atoms with Crippen molar-refractivity contribution in [1.82, 2.24) is 5.32 Å². The van der Waals surface area contributed by atoms with Crippen LogP contribution in [-0.4, -0.2) is 30.8 Å². The Kier molecular flexibility index (Phi) is 5.53. The number of hydrogen-bond acceptors (Lipinski definition) is 3. The van der Waals surface area contributed by atoms with E-state index in [1.165, 1.54) is 12.1 Å². The molecule has 1 aromatic rings. The van der Waals surface area contributed by atoms with Crippen LogP contribution in [0.4, 0.5) is 14.5 Å². The van der Waals surface area contributed by atoms with Crippen LogP contribution < -0.4 is 10.2 Å². The van der Waals surface area contributed by atoms with Crippen molar-refractivity contribution in [3.63, 3.8) is 0 Å². The summed E-state index contributed by atoms with van der Waals surface area (Å²) in [7, 11) is 0. The smallest absolute Gasteiger partial charge is 0.149 e. The number of benzene rings is 1. The second-order valence-electron chi connectivity index (χ2n) is 6.06. The lowest BCUT2D eigenvalue weighted by molar-refractivity contribution is 0.263. The summed E-state index contributed by atoms with van der Waals surface area (Å²) < 4.78 is 28.5. The Bertz CT molecular complexity index is 456. The first kappa shape index (κ1) is 16.2. The van der Waals surface area contributed by atoms with E-state index in [4.69, 9.17) is 5.11 Å². The third-order valence-electron chi connectivity index (χ3n) is 3.93. The van der Waals surface area contributed by atoms with Crippen molar-refractivity contribution in [3.8, 4) is 0 Å². The maximum absolute atomic E-state index is 14.2. The van der Waals surface area contributed by atoms with Crippen LogP contribution in [0, 0.1) is 17.6 Å². The zero-order valence-electron chi connectivity index (χ0n) is 12.7. The van der Waals surface area contributed by atoms with Gasteiger partial charge in [0.05, 0.1) is 0 Å². The monoisotopic (exact) mass is 298 g/mol. The zero-order valence-corrected chi connectivity index (χ0v) is 12.7. The molecule has 1 heterocycles. The Hall–Kier alpha value is -1.20. The minimum Gasteiger partial charge on any atom is -0.396 e. The summed E-state index contributed by atoms with van der Waals surface area (Å²) >= 11 is 0. The molecule has 2 N–H and O–H groups in total. The fraction of sp³-hybridized carbons (Fsp3) is 0.625. The van der Waals surface area contributed by atoms with E-state index in [1.54, 1.807) is 4.90 Å². The quantitative estimate of drug-likeness (QED) is 0.847. The Morgan fingerprint density at radius 2 is 2.00 bits per heavy atom. The highest BCUT2D eigenvalue weighted by Gasteiger charge is 2.26. The third kappa shape index (κ3) is 4.14. The molecule has 0 aliphatic carbocycles. The molecule has 1 aliphatic rings. The minimum atomic E-state index is -0.500. The van der Waals surface area contributed by atoms with Gasteiger partial charge in [0.1, 0.15) is 17.3 Å². The second kappa shape index (κ2) is 7.18. The molecule has 0 saturated carbocycles. The van der Waals surface area contributed by atoms with Crippen molar-refractivity contribution < 1.29 is 13.9 Å². The molecule has 1 aliphatic heterocycles. The SMILES string of the molecule is CC(C)NCc1cc(F)c(N2CCC(CCO)C2)c(F)c1. The van der Waals surface area contributed by atoms with Crippen molar-refractivity contribution in [2.75, 3.05) is 24.6 Å². The number of nitrogens with zero attached hydrogens (tertiary/aromatic N) is 1. The van der Waals surface area contributed by atoms with Crippen LogP contribution >= 0.6 is 0 Å². The molecule has 1 aromatic carbocycles. The van der Waals surface area contributed by atoms with Gasteiger partial charge in [-0.1, -0.05) is 13.8 Å². The Balaban J connectivity index is 2.10. The Morgan fingerprint density at radius 3 is 2.57 bits per heavy atom. The number of aliphatic hydroxyl groups excluding tert-OH is 1. The highest BCUT2D eigenvalue weighted by Crippen LogP contribution is 2.30. The predicted molar refractivity (Wildman–Crippen MR) is 80.4 cm³/mol. The molecular formula is C16H24F2N2O. The van der Waals surface area contributed by atoms with Crippen molar-refractivity contribution in [2.45, 2.75) is 39.3 Å². The van der Waals surface area contributed by atoms with Crippen LogP contribution in [-0.2, 0) is 6.54 Å². The number of halogens is 2. The number of rotatable bonds is 6. The Morgan fingerprint density at radius 1 is 1.33 bits per heavy atom. The van der Waals surface area contributed by atoms with Crippen molar-refractivity contribution in [1.29, 1.82) is 0 Å². The molecule has 1 unspecified atom stereocenters.